The number of hydrogen-bond acceptors (Lipinski definition) is 4. The van der Waals surface area contributed by atoms with Crippen LogP contribution in [0.2, 0.25) is 0 Å². The smallest absolute Gasteiger partial charge is 0.416 e. The Morgan fingerprint density at radius 1 is 1.12 bits per heavy atom. The minimum Gasteiger partial charge on any atom is -0.504 e. The van der Waals surface area contributed by atoms with Gasteiger partial charge in [-0.25, -0.2) is 0 Å². The third-order valence-electron chi connectivity index (χ3n) is 3.97. The highest BCUT2D eigenvalue weighted by molar-refractivity contribution is 5.47. The predicted octanol–water partition coefficient (Wildman–Crippen LogP) is 3.38. The molecule has 3 rings (SSSR count). The molecule has 1 atom stereocenters. The van der Waals surface area contributed by atoms with Crippen LogP contribution in [-0.4, -0.2) is 23.4 Å². The number of ether oxygens (including phenoxy) is 1. The molecule has 0 aromatic heterocycles. The molecule has 0 saturated heterocycles. The number of hydrogen-bond donors (Lipinski definition) is 3. The Bertz CT molecular complexity index is 746. The van der Waals surface area contributed by atoms with Gasteiger partial charge in [0.1, 0.15) is 12.4 Å². The van der Waals surface area contributed by atoms with Crippen molar-refractivity contribution < 1.29 is 28.1 Å². The van der Waals surface area contributed by atoms with Gasteiger partial charge in [0, 0.05) is 0 Å². The summed E-state index contributed by atoms with van der Waals surface area (Å²) < 4.78 is 43.7. The van der Waals surface area contributed by atoms with Crippen LogP contribution in [0.15, 0.2) is 36.4 Å². The number of nitrogens with one attached hydrogen (secondary N) is 1. The fourth-order valence-electron chi connectivity index (χ4n) is 2.76. The van der Waals surface area contributed by atoms with Crippen molar-refractivity contribution in [1.29, 1.82) is 0 Å². The first kappa shape index (κ1) is 16.4. The molecule has 0 aliphatic carbocycles. The van der Waals surface area contributed by atoms with E-state index < -0.39 is 11.7 Å². The quantitative estimate of drug-likeness (QED) is 0.750. The Morgan fingerprint density at radius 3 is 2.62 bits per heavy atom. The summed E-state index contributed by atoms with van der Waals surface area (Å²) in [5, 5.41) is 22.4. The van der Waals surface area contributed by atoms with Gasteiger partial charge in [0.25, 0.3) is 0 Å². The fraction of sp³-hybridized carbons (Fsp3) is 0.294. The van der Waals surface area contributed by atoms with Crippen LogP contribution in [0.5, 0.6) is 17.2 Å². The molecule has 0 bridgehead atoms. The molecule has 128 valence electrons. The molecule has 0 amide bonds. The summed E-state index contributed by atoms with van der Waals surface area (Å²) in [5.41, 5.74) is 0.879. The van der Waals surface area contributed by atoms with Gasteiger partial charge in [-0.05, 0) is 54.4 Å². The molecule has 2 aromatic carbocycles. The Hall–Kier alpha value is -2.41. The van der Waals surface area contributed by atoms with E-state index in [1.165, 1.54) is 24.3 Å². The minimum absolute atomic E-state index is 0.110. The highest BCUT2D eigenvalue weighted by Crippen LogP contribution is 2.34. The minimum atomic E-state index is -4.42. The summed E-state index contributed by atoms with van der Waals surface area (Å²) in [6.07, 6.45) is -3.73. The number of phenols is 2. The maximum Gasteiger partial charge on any atom is 0.416 e. The number of fused-ring (bicyclic) bond motifs is 1. The summed E-state index contributed by atoms with van der Waals surface area (Å²) in [6, 6.07) is 7.38. The highest BCUT2D eigenvalue weighted by atomic mass is 19.4. The molecule has 1 aliphatic heterocycles. The Balaban J connectivity index is 1.76. The van der Waals surface area contributed by atoms with Gasteiger partial charge in [-0.2, -0.15) is 13.2 Å². The van der Waals surface area contributed by atoms with Crippen LogP contribution in [-0.2, 0) is 12.6 Å². The molecule has 1 aliphatic rings. The molecule has 7 heteroatoms. The van der Waals surface area contributed by atoms with E-state index in [-0.39, 0.29) is 29.9 Å². The molecule has 24 heavy (non-hydrogen) atoms. The second-order valence-electron chi connectivity index (χ2n) is 5.63. The second kappa shape index (κ2) is 6.24. The Morgan fingerprint density at radius 2 is 1.88 bits per heavy atom. The maximum absolute atomic E-state index is 12.7. The molecular weight excluding hydrogens is 323 g/mol. The van der Waals surface area contributed by atoms with E-state index in [4.69, 9.17) is 4.74 Å². The van der Waals surface area contributed by atoms with Gasteiger partial charge in [-0.3, -0.25) is 0 Å². The highest BCUT2D eigenvalue weighted by Gasteiger charge is 2.30. The largest absolute Gasteiger partial charge is 0.504 e. The average Bonchev–Trinajstić information content (AvgIpc) is 2.53. The van der Waals surface area contributed by atoms with Crippen LogP contribution in [0.4, 0.5) is 13.2 Å². The Kier molecular flexibility index (Phi) is 4.28. The predicted molar refractivity (Wildman–Crippen MR) is 81.2 cm³/mol. The number of rotatable bonds is 3. The summed E-state index contributed by atoms with van der Waals surface area (Å²) >= 11 is 0. The lowest BCUT2D eigenvalue weighted by Gasteiger charge is -2.27. The first-order valence-corrected chi connectivity index (χ1v) is 7.43. The summed E-state index contributed by atoms with van der Waals surface area (Å²) in [5.74, 6) is -0.295. The van der Waals surface area contributed by atoms with Crippen LogP contribution < -0.4 is 10.1 Å². The zero-order valence-corrected chi connectivity index (χ0v) is 12.6. The number of phenolic OH excluding ortho intramolecular Hbond substituents is 2. The van der Waals surface area contributed by atoms with Crippen molar-refractivity contribution in [3.63, 3.8) is 0 Å². The van der Waals surface area contributed by atoms with Crippen LogP contribution in [0.3, 0.4) is 0 Å². The number of benzene rings is 2. The third kappa shape index (κ3) is 3.41. The van der Waals surface area contributed by atoms with Gasteiger partial charge in [-0.15, -0.1) is 0 Å². The molecule has 1 heterocycles. The van der Waals surface area contributed by atoms with E-state index in [0.29, 0.717) is 13.0 Å². The first-order chi connectivity index (χ1) is 11.3. The van der Waals surface area contributed by atoms with Gasteiger partial charge in [0.2, 0.25) is 0 Å². The molecular formula is C17H16F3NO3. The lowest BCUT2D eigenvalue weighted by atomic mass is 9.94. The van der Waals surface area contributed by atoms with Gasteiger partial charge < -0.3 is 20.3 Å². The van der Waals surface area contributed by atoms with Gasteiger partial charge in [-0.1, -0.05) is 6.07 Å². The maximum atomic E-state index is 12.7. The van der Waals surface area contributed by atoms with Crippen molar-refractivity contribution in [2.45, 2.75) is 18.6 Å². The van der Waals surface area contributed by atoms with Crippen molar-refractivity contribution in [3.8, 4) is 17.2 Å². The third-order valence-corrected chi connectivity index (χ3v) is 3.97. The Labute approximate surface area is 136 Å². The molecule has 0 fully saturated rings. The van der Waals surface area contributed by atoms with E-state index in [0.717, 1.165) is 23.3 Å². The fourth-order valence-corrected chi connectivity index (χ4v) is 2.76. The summed E-state index contributed by atoms with van der Waals surface area (Å²) in [4.78, 5) is 0. The van der Waals surface area contributed by atoms with E-state index in [1.54, 1.807) is 0 Å². The van der Waals surface area contributed by atoms with Gasteiger partial charge >= 0.3 is 6.18 Å². The van der Waals surface area contributed by atoms with Crippen molar-refractivity contribution >= 4 is 0 Å². The molecule has 1 unspecified atom stereocenters. The van der Waals surface area contributed by atoms with E-state index in [1.807, 2.05) is 0 Å². The van der Waals surface area contributed by atoms with Crippen molar-refractivity contribution in [2.24, 2.45) is 0 Å². The lowest BCUT2D eigenvalue weighted by Crippen LogP contribution is -2.33. The van der Waals surface area contributed by atoms with Crippen LogP contribution >= 0.6 is 0 Å². The second-order valence-corrected chi connectivity index (χ2v) is 5.63. The standard InChI is InChI=1S/C17H16F3NO3/c18-17(19,20)11-2-1-3-12(7-11)24-9-14-13-8-16(23)15(22)6-10(13)4-5-21-14/h1-3,6-8,14,21-23H,4-5,9H2. The van der Waals surface area contributed by atoms with Gasteiger partial charge in [0.15, 0.2) is 11.5 Å². The van der Waals surface area contributed by atoms with E-state index in [2.05, 4.69) is 5.32 Å². The molecule has 3 N–H and O–H groups in total. The monoisotopic (exact) mass is 339 g/mol. The van der Waals surface area contributed by atoms with Gasteiger partial charge in [0.05, 0.1) is 11.6 Å². The molecule has 2 aromatic rings. The number of aromatic hydroxyl groups is 2. The molecule has 4 nitrogen and oxygen atoms in total. The van der Waals surface area contributed by atoms with E-state index in [9.17, 15) is 23.4 Å². The van der Waals surface area contributed by atoms with Crippen molar-refractivity contribution in [2.75, 3.05) is 13.2 Å². The van der Waals surface area contributed by atoms with Crippen LogP contribution in [0.25, 0.3) is 0 Å². The van der Waals surface area contributed by atoms with Crippen molar-refractivity contribution in [1.82, 2.24) is 5.32 Å². The van der Waals surface area contributed by atoms with Crippen LogP contribution in [0, 0.1) is 0 Å². The summed E-state index contributed by atoms with van der Waals surface area (Å²) in [6.45, 7) is 0.756. The molecule has 0 spiro atoms. The zero-order valence-electron chi connectivity index (χ0n) is 12.6. The lowest BCUT2D eigenvalue weighted by molar-refractivity contribution is -0.137. The molecule has 0 radical (unpaired) electrons. The topological polar surface area (TPSA) is 61.7 Å². The first-order valence-electron chi connectivity index (χ1n) is 7.43. The zero-order chi connectivity index (χ0) is 17.3. The summed E-state index contributed by atoms with van der Waals surface area (Å²) in [7, 11) is 0. The number of alkyl halides is 3. The van der Waals surface area contributed by atoms with Crippen LogP contribution in [0.1, 0.15) is 22.7 Å². The SMILES string of the molecule is Oc1cc2c(cc1O)C(COc1cccc(C(F)(F)F)c1)NCC2. The average molecular weight is 339 g/mol. The normalized spacial score (nSPS) is 17.4. The molecule has 0 saturated carbocycles. The van der Waals surface area contributed by atoms with E-state index >= 15 is 0 Å². The van der Waals surface area contributed by atoms with Crippen molar-refractivity contribution in [3.05, 3.63) is 53.1 Å². The number of halogens is 3.